The van der Waals surface area contributed by atoms with Crippen LogP contribution in [0.4, 0.5) is 0 Å². The van der Waals surface area contributed by atoms with E-state index in [2.05, 4.69) is 60.8 Å². The molecule has 0 radical (unpaired) electrons. The molecule has 3 rings (SSSR count). The average molecular weight is 296 g/mol. The molecular formula is C18H20N2S. The second kappa shape index (κ2) is 6.37. The fourth-order valence-corrected chi connectivity index (χ4v) is 3.74. The number of nitrogens with one attached hydrogen (secondary N) is 1. The molecule has 21 heavy (non-hydrogen) atoms. The van der Waals surface area contributed by atoms with Gasteiger partial charge >= 0.3 is 0 Å². The number of nitrogens with zero attached hydrogens (tertiary/aromatic N) is 1. The molecular weight excluding hydrogens is 276 g/mol. The van der Waals surface area contributed by atoms with Gasteiger partial charge in [0.05, 0.1) is 16.3 Å². The molecule has 108 valence electrons. The van der Waals surface area contributed by atoms with Gasteiger partial charge in [-0.05, 0) is 37.1 Å². The van der Waals surface area contributed by atoms with Gasteiger partial charge in [-0.1, -0.05) is 49.4 Å². The van der Waals surface area contributed by atoms with E-state index in [0.29, 0.717) is 12.0 Å². The summed E-state index contributed by atoms with van der Waals surface area (Å²) in [6.45, 7) is 2.28. The molecule has 2 aromatic carbocycles. The lowest BCUT2D eigenvalue weighted by molar-refractivity contribution is 0.500. The van der Waals surface area contributed by atoms with E-state index in [4.69, 9.17) is 4.98 Å². The zero-order valence-electron chi connectivity index (χ0n) is 12.4. The number of benzene rings is 2. The van der Waals surface area contributed by atoms with Crippen LogP contribution in [-0.4, -0.2) is 12.0 Å². The summed E-state index contributed by atoms with van der Waals surface area (Å²) in [6.07, 6.45) is 1.06. The molecule has 0 aliphatic carbocycles. The summed E-state index contributed by atoms with van der Waals surface area (Å²) in [5.41, 5.74) is 2.49. The van der Waals surface area contributed by atoms with Crippen molar-refractivity contribution >= 4 is 21.6 Å². The summed E-state index contributed by atoms with van der Waals surface area (Å²) in [7, 11) is 2.02. The molecule has 0 aliphatic rings. The molecule has 0 amide bonds. The molecule has 0 spiro atoms. The molecule has 0 fully saturated rings. The molecule has 1 N–H and O–H groups in total. The fraction of sp³-hybridized carbons (Fsp3) is 0.278. The van der Waals surface area contributed by atoms with Gasteiger partial charge in [0.2, 0.25) is 0 Å². The number of fused-ring (bicyclic) bond motifs is 1. The number of hydrogen-bond donors (Lipinski definition) is 1. The van der Waals surface area contributed by atoms with Crippen molar-refractivity contribution in [3.05, 3.63) is 65.2 Å². The van der Waals surface area contributed by atoms with Crippen molar-refractivity contribution in [2.24, 2.45) is 0 Å². The Bertz CT molecular complexity index is 672. The molecule has 2 atom stereocenters. The van der Waals surface area contributed by atoms with Crippen molar-refractivity contribution in [3.8, 4) is 0 Å². The molecule has 3 heteroatoms. The molecule has 0 bridgehead atoms. The van der Waals surface area contributed by atoms with Crippen LogP contribution in [0.5, 0.6) is 0 Å². The molecule has 0 aliphatic heterocycles. The Balaban J connectivity index is 1.81. The molecule has 0 saturated heterocycles. The normalized spacial score (nSPS) is 14.2. The van der Waals surface area contributed by atoms with E-state index in [0.717, 1.165) is 11.9 Å². The molecule has 0 saturated carbocycles. The molecule has 2 unspecified atom stereocenters. The number of hydrogen-bond acceptors (Lipinski definition) is 3. The van der Waals surface area contributed by atoms with Crippen LogP contribution in [0.25, 0.3) is 10.2 Å². The topological polar surface area (TPSA) is 24.9 Å². The van der Waals surface area contributed by atoms with E-state index in [1.807, 2.05) is 13.1 Å². The summed E-state index contributed by atoms with van der Waals surface area (Å²) in [5.74, 6) is 0.510. The number of rotatable bonds is 5. The summed E-state index contributed by atoms with van der Waals surface area (Å²) >= 11 is 1.79. The van der Waals surface area contributed by atoms with Crippen LogP contribution < -0.4 is 5.32 Å². The first-order chi connectivity index (χ1) is 10.3. The Hall–Kier alpha value is -1.71. The summed E-state index contributed by atoms with van der Waals surface area (Å²) < 4.78 is 1.26. The van der Waals surface area contributed by atoms with Gasteiger partial charge in [0.25, 0.3) is 0 Å². The minimum Gasteiger partial charge on any atom is -0.311 e. The standard InChI is InChI=1S/C18H20N2S/c1-13(14-8-4-3-5-9-14)12-16(19-2)18-20-15-10-6-7-11-17(15)21-18/h3-11,13,16,19H,12H2,1-2H3. The average Bonchev–Trinajstić information content (AvgIpc) is 2.97. The molecule has 1 heterocycles. The predicted octanol–water partition coefficient (Wildman–Crippen LogP) is 4.75. The van der Waals surface area contributed by atoms with Crippen molar-refractivity contribution < 1.29 is 0 Å². The van der Waals surface area contributed by atoms with Gasteiger partial charge in [0.15, 0.2) is 0 Å². The van der Waals surface area contributed by atoms with Gasteiger partial charge in [-0.3, -0.25) is 0 Å². The van der Waals surface area contributed by atoms with Gasteiger partial charge in [-0.25, -0.2) is 4.98 Å². The maximum Gasteiger partial charge on any atom is 0.111 e. The Labute approximate surface area is 129 Å². The maximum absolute atomic E-state index is 4.79. The van der Waals surface area contributed by atoms with Crippen molar-refractivity contribution in [1.29, 1.82) is 0 Å². The fourth-order valence-electron chi connectivity index (χ4n) is 2.65. The van der Waals surface area contributed by atoms with Gasteiger partial charge in [0.1, 0.15) is 5.01 Å². The summed E-state index contributed by atoms with van der Waals surface area (Å²) in [6, 6.07) is 19.4. The molecule has 3 aromatic rings. The van der Waals surface area contributed by atoms with Crippen molar-refractivity contribution in [2.45, 2.75) is 25.3 Å². The Kier molecular flexibility index (Phi) is 4.32. The SMILES string of the molecule is CNC(CC(C)c1ccccc1)c1nc2ccccc2s1. The number of aromatic nitrogens is 1. The highest BCUT2D eigenvalue weighted by atomic mass is 32.1. The van der Waals surface area contributed by atoms with Crippen LogP contribution in [0.2, 0.25) is 0 Å². The minimum absolute atomic E-state index is 0.303. The van der Waals surface area contributed by atoms with E-state index >= 15 is 0 Å². The smallest absolute Gasteiger partial charge is 0.111 e. The van der Waals surface area contributed by atoms with E-state index in [1.165, 1.54) is 15.3 Å². The Morgan fingerprint density at radius 3 is 2.48 bits per heavy atom. The van der Waals surface area contributed by atoms with Crippen LogP contribution in [0.1, 0.15) is 35.9 Å². The summed E-state index contributed by atoms with van der Waals surface area (Å²) in [4.78, 5) is 4.79. The van der Waals surface area contributed by atoms with Gasteiger partial charge < -0.3 is 5.32 Å². The van der Waals surface area contributed by atoms with E-state index < -0.39 is 0 Å². The van der Waals surface area contributed by atoms with Crippen LogP contribution in [0, 0.1) is 0 Å². The van der Waals surface area contributed by atoms with Crippen LogP contribution in [0.15, 0.2) is 54.6 Å². The first kappa shape index (κ1) is 14.2. The highest BCUT2D eigenvalue weighted by Gasteiger charge is 2.18. The number of para-hydroxylation sites is 1. The first-order valence-corrected chi connectivity index (χ1v) is 8.17. The third-order valence-electron chi connectivity index (χ3n) is 3.91. The molecule has 2 nitrogen and oxygen atoms in total. The van der Waals surface area contributed by atoms with Crippen molar-refractivity contribution in [1.82, 2.24) is 10.3 Å². The predicted molar refractivity (Wildman–Crippen MR) is 90.9 cm³/mol. The highest BCUT2D eigenvalue weighted by Crippen LogP contribution is 2.32. The lowest BCUT2D eigenvalue weighted by Gasteiger charge is -2.19. The lowest BCUT2D eigenvalue weighted by Crippen LogP contribution is -2.18. The summed E-state index contributed by atoms with van der Waals surface area (Å²) in [5, 5.41) is 4.61. The van der Waals surface area contributed by atoms with Crippen molar-refractivity contribution in [2.75, 3.05) is 7.05 Å². The van der Waals surface area contributed by atoms with Gasteiger partial charge in [-0.15, -0.1) is 11.3 Å². The zero-order valence-corrected chi connectivity index (χ0v) is 13.2. The van der Waals surface area contributed by atoms with Gasteiger partial charge in [0, 0.05) is 0 Å². The monoisotopic (exact) mass is 296 g/mol. The zero-order chi connectivity index (χ0) is 14.7. The third kappa shape index (κ3) is 3.14. The van der Waals surface area contributed by atoms with E-state index in [1.54, 1.807) is 11.3 Å². The third-order valence-corrected chi connectivity index (χ3v) is 5.06. The van der Waals surface area contributed by atoms with Crippen molar-refractivity contribution in [3.63, 3.8) is 0 Å². The second-order valence-corrected chi connectivity index (χ2v) is 6.47. The molecule has 1 aromatic heterocycles. The van der Waals surface area contributed by atoms with Gasteiger partial charge in [-0.2, -0.15) is 0 Å². The maximum atomic E-state index is 4.79. The Morgan fingerprint density at radius 2 is 1.76 bits per heavy atom. The second-order valence-electron chi connectivity index (χ2n) is 5.41. The van der Waals surface area contributed by atoms with E-state index in [-0.39, 0.29) is 0 Å². The first-order valence-electron chi connectivity index (χ1n) is 7.35. The van der Waals surface area contributed by atoms with Crippen LogP contribution >= 0.6 is 11.3 Å². The lowest BCUT2D eigenvalue weighted by atomic mass is 9.94. The largest absolute Gasteiger partial charge is 0.311 e. The van der Waals surface area contributed by atoms with Crippen LogP contribution in [0.3, 0.4) is 0 Å². The minimum atomic E-state index is 0.303. The van der Waals surface area contributed by atoms with E-state index in [9.17, 15) is 0 Å². The highest BCUT2D eigenvalue weighted by molar-refractivity contribution is 7.18. The van der Waals surface area contributed by atoms with Crippen LogP contribution in [-0.2, 0) is 0 Å². The quantitative estimate of drug-likeness (QED) is 0.735. The number of thiazole rings is 1. The Morgan fingerprint density at radius 1 is 1.05 bits per heavy atom.